The van der Waals surface area contributed by atoms with E-state index in [1.807, 2.05) is 0 Å². The van der Waals surface area contributed by atoms with Gasteiger partial charge in [-0.3, -0.25) is 0 Å². The van der Waals surface area contributed by atoms with Crippen LogP contribution in [0.2, 0.25) is 10.0 Å². The molecule has 0 atom stereocenters. The molecule has 0 aromatic heterocycles. The van der Waals surface area contributed by atoms with Crippen molar-refractivity contribution in [3.8, 4) is 0 Å². The van der Waals surface area contributed by atoms with E-state index in [4.69, 9.17) is 33.7 Å². The molecule has 0 saturated carbocycles. The summed E-state index contributed by atoms with van der Waals surface area (Å²) < 4.78 is 5.05. The number of carbonyl (C=O) groups excluding carboxylic acids is 1. The van der Waals surface area contributed by atoms with Crippen LogP contribution in [0.3, 0.4) is 0 Å². The number of nitrogens with two attached hydrogens (primary N) is 1. The number of halogens is 2. The van der Waals surface area contributed by atoms with Crippen molar-refractivity contribution in [3.05, 3.63) is 27.2 Å². The van der Waals surface area contributed by atoms with E-state index in [0.717, 1.165) is 0 Å². The Morgan fingerprint density at radius 3 is 2.50 bits per heavy atom. The zero-order valence-electron chi connectivity index (χ0n) is 9.30. The van der Waals surface area contributed by atoms with Gasteiger partial charge in [0.1, 0.15) is 5.56 Å². The Balaban J connectivity index is 3.24. The number of nitrogen functional groups attached to an aromatic ring is 1. The van der Waals surface area contributed by atoms with Gasteiger partial charge in [0, 0.05) is 10.7 Å². The van der Waals surface area contributed by atoms with Gasteiger partial charge in [0.15, 0.2) is 0 Å². The van der Waals surface area contributed by atoms with E-state index in [9.17, 15) is 4.79 Å². The summed E-state index contributed by atoms with van der Waals surface area (Å²) in [6, 6.07) is 1.50. The average Bonchev–Trinajstić information content (AvgIpc) is 2.13. The first-order valence-electron chi connectivity index (χ1n) is 4.79. The maximum atomic E-state index is 11.7. The second-order valence-electron chi connectivity index (χ2n) is 3.72. The van der Waals surface area contributed by atoms with Gasteiger partial charge in [-0.25, -0.2) is 4.79 Å². The van der Waals surface area contributed by atoms with Crippen molar-refractivity contribution in [2.24, 2.45) is 0 Å². The molecule has 0 amide bonds. The van der Waals surface area contributed by atoms with Gasteiger partial charge in [0.25, 0.3) is 0 Å². The first kappa shape index (κ1) is 13.1. The molecule has 3 nitrogen and oxygen atoms in total. The molecule has 1 aromatic carbocycles. The molecule has 2 N–H and O–H groups in total. The summed E-state index contributed by atoms with van der Waals surface area (Å²) in [6.45, 7) is 5.23. The number of esters is 1. The van der Waals surface area contributed by atoms with E-state index < -0.39 is 5.97 Å². The van der Waals surface area contributed by atoms with Crippen molar-refractivity contribution in [2.75, 3.05) is 5.73 Å². The lowest BCUT2D eigenvalue weighted by atomic mass is 10.1. The third-order valence-corrected chi connectivity index (χ3v) is 2.89. The van der Waals surface area contributed by atoms with Crippen LogP contribution in [0.4, 0.5) is 5.69 Å². The monoisotopic (exact) mass is 261 g/mol. The molecule has 0 unspecified atom stereocenters. The van der Waals surface area contributed by atoms with Gasteiger partial charge in [-0.1, -0.05) is 23.2 Å². The average molecular weight is 262 g/mol. The highest BCUT2D eigenvalue weighted by Gasteiger charge is 2.20. The Kier molecular flexibility index (Phi) is 4.05. The largest absolute Gasteiger partial charge is 0.459 e. The molecule has 16 heavy (non-hydrogen) atoms. The number of benzene rings is 1. The first-order chi connectivity index (χ1) is 7.34. The predicted molar refractivity (Wildman–Crippen MR) is 66.2 cm³/mol. The summed E-state index contributed by atoms with van der Waals surface area (Å²) in [5, 5.41) is 0.680. The summed E-state index contributed by atoms with van der Waals surface area (Å²) in [4.78, 5) is 11.7. The number of hydrogen-bond acceptors (Lipinski definition) is 3. The van der Waals surface area contributed by atoms with Crippen LogP contribution >= 0.6 is 23.2 Å². The van der Waals surface area contributed by atoms with Gasteiger partial charge < -0.3 is 10.5 Å². The number of anilines is 1. The molecule has 1 rings (SSSR count). The molecule has 0 radical (unpaired) electrons. The van der Waals surface area contributed by atoms with E-state index in [1.54, 1.807) is 20.8 Å². The molecular weight excluding hydrogens is 249 g/mol. The van der Waals surface area contributed by atoms with Gasteiger partial charge >= 0.3 is 5.97 Å². The quantitative estimate of drug-likeness (QED) is 0.656. The Morgan fingerprint density at radius 1 is 1.44 bits per heavy atom. The number of hydrogen-bond donors (Lipinski definition) is 1. The van der Waals surface area contributed by atoms with Crippen molar-refractivity contribution >= 4 is 34.9 Å². The lowest BCUT2D eigenvalue weighted by Crippen LogP contribution is -2.14. The molecule has 0 aliphatic rings. The van der Waals surface area contributed by atoms with Crippen molar-refractivity contribution in [3.63, 3.8) is 0 Å². The van der Waals surface area contributed by atoms with Crippen LogP contribution in [0, 0.1) is 6.92 Å². The second kappa shape index (κ2) is 4.93. The fourth-order valence-electron chi connectivity index (χ4n) is 1.22. The molecule has 0 fully saturated rings. The molecule has 88 valence electrons. The van der Waals surface area contributed by atoms with Crippen LogP contribution in [-0.2, 0) is 4.74 Å². The van der Waals surface area contributed by atoms with Gasteiger partial charge in [0.05, 0.1) is 11.1 Å². The van der Waals surface area contributed by atoms with Crippen LogP contribution < -0.4 is 5.73 Å². The summed E-state index contributed by atoms with van der Waals surface area (Å²) in [5.41, 5.74) is 6.72. The highest BCUT2D eigenvalue weighted by Crippen LogP contribution is 2.32. The lowest BCUT2D eigenvalue weighted by Gasteiger charge is -2.13. The van der Waals surface area contributed by atoms with E-state index in [2.05, 4.69) is 0 Å². The normalized spacial score (nSPS) is 10.6. The second-order valence-corrected chi connectivity index (χ2v) is 4.50. The summed E-state index contributed by atoms with van der Waals surface area (Å²) in [5.74, 6) is -0.530. The summed E-state index contributed by atoms with van der Waals surface area (Å²) in [7, 11) is 0. The van der Waals surface area contributed by atoms with E-state index in [-0.39, 0.29) is 22.4 Å². The topological polar surface area (TPSA) is 52.3 Å². The molecule has 0 aliphatic carbocycles. The van der Waals surface area contributed by atoms with Gasteiger partial charge in [-0.15, -0.1) is 0 Å². The van der Waals surface area contributed by atoms with Gasteiger partial charge in [0.2, 0.25) is 0 Å². The van der Waals surface area contributed by atoms with Gasteiger partial charge in [-0.2, -0.15) is 0 Å². The standard InChI is InChI=1S/C11H13Cl2NO2/c1-5(2)16-11(15)9-8(14)4-7(12)6(3)10(9)13/h4-5H,14H2,1-3H3. The lowest BCUT2D eigenvalue weighted by molar-refractivity contribution is 0.0379. The summed E-state index contributed by atoms with van der Waals surface area (Å²) in [6.07, 6.45) is -0.223. The zero-order valence-corrected chi connectivity index (χ0v) is 10.8. The van der Waals surface area contributed by atoms with Crippen LogP contribution in [0.5, 0.6) is 0 Å². The van der Waals surface area contributed by atoms with E-state index in [0.29, 0.717) is 10.6 Å². The number of carbonyl (C=O) groups is 1. The minimum atomic E-state index is -0.530. The summed E-state index contributed by atoms with van der Waals surface area (Å²) >= 11 is 11.9. The predicted octanol–water partition coefficient (Wildman–Crippen LogP) is 3.45. The van der Waals surface area contributed by atoms with Crippen LogP contribution in [0.15, 0.2) is 6.07 Å². The van der Waals surface area contributed by atoms with Crippen molar-refractivity contribution < 1.29 is 9.53 Å². The fraction of sp³-hybridized carbons (Fsp3) is 0.364. The number of rotatable bonds is 2. The Hall–Kier alpha value is -0.930. The Labute approximate surface area is 104 Å². The SMILES string of the molecule is Cc1c(Cl)cc(N)c(C(=O)OC(C)C)c1Cl. The molecular formula is C11H13Cl2NO2. The van der Waals surface area contributed by atoms with Gasteiger partial charge in [-0.05, 0) is 32.4 Å². The molecule has 0 saturated heterocycles. The maximum Gasteiger partial charge on any atom is 0.342 e. The number of ether oxygens (including phenoxy) is 1. The van der Waals surface area contributed by atoms with E-state index in [1.165, 1.54) is 6.07 Å². The van der Waals surface area contributed by atoms with Crippen LogP contribution in [-0.4, -0.2) is 12.1 Å². The maximum absolute atomic E-state index is 11.7. The van der Waals surface area contributed by atoms with E-state index >= 15 is 0 Å². The van der Waals surface area contributed by atoms with Crippen molar-refractivity contribution in [2.45, 2.75) is 26.9 Å². The van der Waals surface area contributed by atoms with Crippen LogP contribution in [0.25, 0.3) is 0 Å². The Bertz CT molecular complexity index is 430. The Morgan fingerprint density at radius 2 is 2.00 bits per heavy atom. The molecule has 1 aromatic rings. The van der Waals surface area contributed by atoms with Crippen molar-refractivity contribution in [1.29, 1.82) is 0 Å². The minimum absolute atomic E-state index is 0.178. The third kappa shape index (κ3) is 2.60. The fourth-order valence-corrected chi connectivity index (χ4v) is 1.76. The van der Waals surface area contributed by atoms with Crippen LogP contribution in [0.1, 0.15) is 29.8 Å². The molecule has 0 spiro atoms. The molecule has 0 aliphatic heterocycles. The van der Waals surface area contributed by atoms with Crippen molar-refractivity contribution in [1.82, 2.24) is 0 Å². The minimum Gasteiger partial charge on any atom is -0.459 e. The highest BCUT2D eigenvalue weighted by molar-refractivity contribution is 6.38. The highest BCUT2D eigenvalue weighted by atomic mass is 35.5. The first-order valence-corrected chi connectivity index (χ1v) is 5.55. The zero-order chi connectivity index (χ0) is 12.5. The third-order valence-electron chi connectivity index (χ3n) is 2.02. The molecule has 0 heterocycles. The molecule has 0 bridgehead atoms. The smallest absolute Gasteiger partial charge is 0.342 e. The molecule has 5 heteroatoms.